The predicted octanol–water partition coefficient (Wildman–Crippen LogP) is 4.07. The second kappa shape index (κ2) is 6.03. The van der Waals surface area contributed by atoms with Crippen molar-refractivity contribution in [3.8, 4) is 5.75 Å². The summed E-state index contributed by atoms with van der Waals surface area (Å²) in [5.74, 6) is -0.189. The average molecular weight is 285 g/mol. The summed E-state index contributed by atoms with van der Waals surface area (Å²) in [5.41, 5.74) is 7.90. The largest absolute Gasteiger partial charge is 0.496 e. The van der Waals surface area contributed by atoms with Gasteiger partial charge in [0.2, 0.25) is 0 Å². The molecule has 0 aliphatic carbocycles. The van der Waals surface area contributed by atoms with Crippen LogP contribution in [-0.2, 0) is 12.6 Å². The molecule has 110 valence electrons. The number of allylic oxidation sites excluding steroid dienone is 3. The van der Waals surface area contributed by atoms with Gasteiger partial charge in [-0.3, -0.25) is 0 Å². The van der Waals surface area contributed by atoms with E-state index in [0.717, 1.165) is 17.2 Å². The summed E-state index contributed by atoms with van der Waals surface area (Å²) in [5, 5.41) is 0. The molecular weight excluding hydrogens is 267 g/mol. The summed E-state index contributed by atoms with van der Waals surface area (Å²) in [6.45, 7) is 7.38. The van der Waals surface area contributed by atoms with Crippen LogP contribution in [0.2, 0.25) is 0 Å². The van der Waals surface area contributed by atoms with Crippen LogP contribution in [-0.4, -0.2) is 7.11 Å². The molecule has 0 fully saturated rings. The van der Waals surface area contributed by atoms with E-state index >= 15 is 0 Å². The fourth-order valence-corrected chi connectivity index (χ4v) is 1.91. The first-order chi connectivity index (χ1) is 9.16. The highest BCUT2D eigenvalue weighted by molar-refractivity contribution is 5.43. The zero-order valence-corrected chi connectivity index (χ0v) is 11.8. The number of ether oxygens (including phenoxy) is 1. The molecule has 5 heteroatoms. The lowest BCUT2D eigenvalue weighted by atomic mass is 9.97. The van der Waals surface area contributed by atoms with Gasteiger partial charge < -0.3 is 10.5 Å². The van der Waals surface area contributed by atoms with Crippen molar-refractivity contribution < 1.29 is 17.9 Å². The molecule has 0 aliphatic heterocycles. The fourth-order valence-electron chi connectivity index (χ4n) is 1.91. The van der Waals surface area contributed by atoms with E-state index in [1.54, 1.807) is 6.92 Å². The quantitative estimate of drug-likeness (QED) is 0.846. The minimum atomic E-state index is -4.43. The Bertz CT molecular complexity index is 541. The van der Waals surface area contributed by atoms with Crippen LogP contribution in [0.25, 0.3) is 0 Å². The summed E-state index contributed by atoms with van der Waals surface area (Å²) in [4.78, 5) is 0. The van der Waals surface area contributed by atoms with E-state index in [9.17, 15) is 13.2 Å². The second-order valence-corrected chi connectivity index (χ2v) is 4.65. The predicted molar refractivity (Wildman–Crippen MR) is 73.4 cm³/mol. The van der Waals surface area contributed by atoms with Crippen molar-refractivity contribution in [3.05, 3.63) is 52.7 Å². The molecule has 2 N–H and O–H groups in total. The van der Waals surface area contributed by atoms with E-state index in [2.05, 4.69) is 6.58 Å². The summed E-state index contributed by atoms with van der Waals surface area (Å²) in [6.07, 6.45) is -4.01. The van der Waals surface area contributed by atoms with E-state index in [0.29, 0.717) is 17.7 Å². The number of hydrogen-bond donors (Lipinski definition) is 1. The zero-order chi connectivity index (χ0) is 15.5. The van der Waals surface area contributed by atoms with Crippen molar-refractivity contribution >= 4 is 0 Å². The molecule has 0 heterocycles. The smallest absolute Gasteiger partial charge is 0.419 e. The molecule has 0 unspecified atom stereocenters. The SMILES string of the molecule is C=C(C)/C(Cc1ccc(C(F)(F)F)c(OC)c1)=C(\C)N. The lowest BCUT2D eigenvalue weighted by Gasteiger charge is -2.15. The molecule has 20 heavy (non-hydrogen) atoms. The Labute approximate surface area is 116 Å². The molecule has 1 aromatic rings. The lowest BCUT2D eigenvalue weighted by Crippen LogP contribution is -2.08. The van der Waals surface area contributed by atoms with Gasteiger partial charge in [0.05, 0.1) is 12.7 Å². The van der Waals surface area contributed by atoms with Crippen LogP contribution in [0.4, 0.5) is 13.2 Å². The van der Waals surface area contributed by atoms with Crippen molar-refractivity contribution in [2.24, 2.45) is 5.73 Å². The van der Waals surface area contributed by atoms with E-state index in [-0.39, 0.29) is 5.75 Å². The molecule has 0 spiro atoms. The summed E-state index contributed by atoms with van der Waals surface area (Å²) >= 11 is 0. The highest BCUT2D eigenvalue weighted by Crippen LogP contribution is 2.37. The highest BCUT2D eigenvalue weighted by Gasteiger charge is 2.34. The van der Waals surface area contributed by atoms with Crippen LogP contribution in [0, 0.1) is 0 Å². The van der Waals surface area contributed by atoms with Crippen LogP contribution in [0.3, 0.4) is 0 Å². The monoisotopic (exact) mass is 285 g/mol. The Hall–Kier alpha value is -1.91. The van der Waals surface area contributed by atoms with E-state index in [4.69, 9.17) is 10.5 Å². The summed E-state index contributed by atoms with van der Waals surface area (Å²) in [7, 11) is 1.22. The molecule has 0 atom stereocenters. The van der Waals surface area contributed by atoms with Gasteiger partial charge in [-0.25, -0.2) is 0 Å². The number of rotatable bonds is 4. The highest BCUT2D eigenvalue weighted by atomic mass is 19.4. The van der Waals surface area contributed by atoms with Crippen LogP contribution >= 0.6 is 0 Å². The lowest BCUT2D eigenvalue weighted by molar-refractivity contribution is -0.138. The molecule has 0 bridgehead atoms. The van der Waals surface area contributed by atoms with Gasteiger partial charge >= 0.3 is 6.18 Å². The molecule has 0 saturated heterocycles. The van der Waals surface area contributed by atoms with Crippen molar-refractivity contribution in [1.82, 2.24) is 0 Å². The second-order valence-electron chi connectivity index (χ2n) is 4.65. The molecule has 1 aromatic carbocycles. The normalized spacial score (nSPS) is 12.9. The number of nitrogens with two attached hydrogens (primary N) is 1. The van der Waals surface area contributed by atoms with Gasteiger partial charge in [0.1, 0.15) is 5.75 Å². The van der Waals surface area contributed by atoms with E-state index in [1.165, 1.54) is 19.2 Å². The van der Waals surface area contributed by atoms with Crippen LogP contribution in [0.15, 0.2) is 41.6 Å². The minimum absolute atomic E-state index is 0.189. The van der Waals surface area contributed by atoms with Crippen LogP contribution in [0.5, 0.6) is 5.75 Å². The van der Waals surface area contributed by atoms with Crippen molar-refractivity contribution in [2.45, 2.75) is 26.4 Å². The van der Waals surface area contributed by atoms with Gasteiger partial charge in [-0.1, -0.05) is 18.2 Å². The maximum absolute atomic E-state index is 12.8. The zero-order valence-electron chi connectivity index (χ0n) is 11.8. The Balaban J connectivity index is 3.18. The minimum Gasteiger partial charge on any atom is -0.496 e. The molecule has 0 aromatic heterocycles. The first kappa shape index (κ1) is 16.1. The number of halogens is 3. The third-order valence-electron chi connectivity index (χ3n) is 2.94. The van der Waals surface area contributed by atoms with Gasteiger partial charge in [-0.2, -0.15) is 13.2 Å². The van der Waals surface area contributed by atoms with Crippen LogP contribution in [0.1, 0.15) is 25.0 Å². The molecular formula is C15H18F3NO. The number of methoxy groups -OCH3 is 1. The maximum atomic E-state index is 12.8. The topological polar surface area (TPSA) is 35.2 Å². The molecule has 1 rings (SSSR count). The summed E-state index contributed by atoms with van der Waals surface area (Å²) in [6, 6.07) is 3.84. The number of alkyl halides is 3. The average Bonchev–Trinajstić information content (AvgIpc) is 2.33. The third-order valence-corrected chi connectivity index (χ3v) is 2.94. The molecule has 0 amide bonds. The van der Waals surface area contributed by atoms with Gasteiger partial charge in [0.15, 0.2) is 0 Å². The molecule has 0 aliphatic rings. The number of benzene rings is 1. The molecule has 0 radical (unpaired) electrons. The maximum Gasteiger partial charge on any atom is 0.419 e. The van der Waals surface area contributed by atoms with E-state index in [1.807, 2.05) is 6.92 Å². The first-order valence-corrected chi connectivity index (χ1v) is 6.02. The summed E-state index contributed by atoms with van der Waals surface area (Å²) < 4.78 is 43.1. The Kier molecular flexibility index (Phi) is 4.87. The van der Waals surface area contributed by atoms with Gasteiger partial charge in [-0.15, -0.1) is 0 Å². The van der Waals surface area contributed by atoms with Gasteiger partial charge in [0, 0.05) is 5.70 Å². The van der Waals surface area contributed by atoms with Gasteiger partial charge in [-0.05, 0) is 43.5 Å². The van der Waals surface area contributed by atoms with Crippen molar-refractivity contribution in [2.75, 3.05) is 7.11 Å². The van der Waals surface area contributed by atoms with Gasteiger partial charge in [0.25, 0.3) is 0 Å². The van der Waals surface area contributed by atoms with Crippen molar-refractivity contribution in [1.29, 1.82) is 0 Å². The Morgan fingerprint density at radius 1 is 1.30 bits per heavy atom. The van der Waals surface area contributed by atoms with Crippen molar-refractivity contribution in [3.63, 3.8) is 0 Å². The van der Waals surface area contributed by atoms with Crippen LogP contribution < -0.4 is 10.5 Å². The molecule has 2 nitrogen and oxygen atoms in total. The third kappa shape index (κ3) is 3.79. The molecule has 0 saturated carbocycles. The number of hydrogen-bond acceptors (Lipinski definition) is 2. The Morgan fingerprint density at radius 3 is 2.30 bits per heavy atom. The van der Waals surface area contributed by atoms with E-state index < -0.39 is 11.7 Å². The fraction of sp³-hybridized carbons (Fsp3) is 0.333. The Morgan fingerprint density at radius 2 is 1.90 bits per heavy atom. The standard InChI is InChI=1S/C15H18F3NO/c1-9(2)12(10(3)19)7-11-5-6-13(15(16,17)18)14(8-11)20-4/h5-6,8H,1,7,19H2,2-4H3/b12-10+. The first-order valence-electron chi connectivity index (χ1n) is 6.02.